The van der Waals surface area contributed by atoms with Gasteiger partial charge in [-0.25, -0.2) is 4.79 Å². The number of likely N-dealkylation sites (tertiary alicyclic amines) is 1. The molecule has 1 saturated heterocycles. The zero-order chi connectivity index (χ0) is 19.1. The first kappa shape index (κ1) is 19.7. The number of carbonyl (C=O) groups excluding carboxylic acids is 3. The molecule has 3 amide bonds. The van der Waals surface area contributed by atoms with Crippen molar-refractivity contribution in [2.75, 3.05) is 19.7 Å². The molecule has 1 aromatic heterocycles. The summed E-state index contributed by atoms with van der Waals surface area (Å²) in [5.41, 5.74) is 0.602. The Bertz CT molecular complexity index is 654. The van der Waals surface area contributed by atoms with Gasteiger partial charge in [0.05, 0.1) is 6.61 Å². The van der Waals surface area contributed by atoms with Crippen LogP contribution in [0.1, 0.15) is 54.5 Å². The first-order chi connectivity index (χ1) is 12.4. The van der Waals surface area contributed by atoms with Crippen molar-refractivity contribution in [1.29, 1.82) is 0 Å². The molecule has 1 aliphatic heterocycles. The van der Waals surface area contributed by atoms with Crippen molar-refractivity contribution in [2.45, 2.75) is 45.7 Å². The third kappa shape index (κ3) is 5.44. The summed E-state index contributed by atoms with van der Waals surface area (Å²) >= 11 is 0. The van der Waals surface area contributed by atoms with Crippen molar-refractivity contribution in [2.24, 2.45) is 0 Å². The van der Waals surface area contributed by atoms with Crippen molar-refractivity contribution in [3.05, 3.63) is 29.6 Å². The number of ether oxygens (including phenoxy) is 1. The van der Waals surface area contributed by atoms with Gasteiger partial charge in [0.2, 0.25) is 0 Å². The molecule has 0 aliphatic carbocycles. The van der Waals surface area contributed by atoms with E-state index in [2.05, 4.69) is 15.6 Å². The molecule has 0 aromatic carbocycles. The maximum atomic E-state index is 12.4. The van der Waals surface area contributed by atoms with Crippen LogP contribution < -0.4 is 10.6 Å². The van der Waals surface area contributed by atoms with Crippen LogP contribution in [0.25, 0.3) is 0 Å². The predicted octanol–water partition coefficient (Wildman–Crippen LogP) is 1.57. The second-order valence-corrected chi connectivity index (χ2v) is 6.49. The van der Waals surface area contributed by atoms with Crippen molar-refractivity contribution in [3.8, 4) is 0 Å². The van der Waals surface area contributed by atoms with Crippen LogP contribution in [-0.2, 0) is 4.74 Å². The molecule has 0 radical (unpaired) electrons. The summed E-state index contributed by atoms with van der Waals surface area (Å²) < 4.78 is 4.98. The summed E-state index contributed by atoms with van der Waals surface area (Å²) in [5, 5.41) is 5.71. The van der Waals surface area contributed by atoms with E-state index in [-0.39, 0.29) is 35.7 Å². The third-order valence-corrected chi connectivity index (χ3v) is 4.03. The summed E-state index contributed by atoms with van der Waals surface area (Å²) in [6.45, 7) is 6.93. The molecule has 2 N–H and O–H groups in total. The SMILES string of the molecule is CCOC(=O)N1CCC(NC(=O)c2cc(C(=O)NC(C)C)ccn2)CC1. The van der Waals surface area contributed by atoms with Crippen LogP contribution in [0.2, 0.25) is 0 Å². The predicted molar refractivity (Wildman–Crippen MR) is 95.9 cm³/mol. The standard InChI is InChI=1S/C18H26N4O4/c1-4-26-18(25)22-9-6-14(7-10-22)21-17(24)15-11-13(5-8-19-15)16(23)20-12(2)3/h5,8,11-12,14H,4,6-7,9-10H2,1-3H3,(H,20,23)(H,21,24). The summed E-state index contributed by atoms with van der Waals surface area (Å²) in [6.07, 6.45) is 2.44. The lowest BCUT2D eigenvalue weighted by atomic mass is 10.1. The average molecular weight is 362 g/mol. The summed E-state index contributed by atoms with van der Waals surface area (Å²) in [4.78, 5) is 41.9. The lowest BCUT2D eigenvalue weighted by Crippen LogP contribution is -2.46. The quantitative estimate of drug-likeness (QED) is 0.828. The fourth-order valence-electron chi connectivity index (χ4n) is 2.72. The largest absolute Gasteiger partial charge is 0.450 e. The molecule has 0 bridgehead atoms. The zero-order valence-electron chi connectivity index (χ0n) is 15.4. The molecule has 8 nitrogen and oxygen atoms in total. The number of aromatic nitrogens is 1. The van der Waals surface area contributed by atoms with E-state index >= 15 is 0 Å². The molecule has 0 atom stereocenters. The molecule has 1 aromatic rings. The zero-order valence-corrected chi connectivity index (χ0v) is 15.4. The van der Waals surface area contributed by atoms with E-state index in [1.54, 1.807) is 17.9 Å². The van der Waals surface area contributed by atoms with Crippen LogP contribution in [0.15, 0.2) is 18.3 Å². The maximum Gasteiger partial charge on any atom is 0.409 e. The normalized spacial score (nSPS) is 14.8. The number of piperidine rings is 1. The van der Waals surface area contributed by atoms with Crippen LogP contribution in [0.3, 0.4) is 0 Å². The average Bonchev–Trinajstić information content (AvgIpc) is 2.62. The molecule has 26 heavy (non-hydrogen) atoms. The molecule has 0 saturated carbocycles. The smallest absolute Gasteiger partial charge is 0.409 e. The summed E-state index contributed by atoms with van der Waals surface area (Å²) in [6, 6.07) is 3.04. The van der Waals surface area contributed by atoms with Crippen LogP contribution in [0, 0.1) is 0 Å². The molecule has 1 fully saturated rings. The molecule has 8 heteroatoms. The highest BCUT2D eigenvalue weighted by atomic mass is 16.6. The topological polar surface area (TPSA) is 101 Å². The van der Waals surface area contributed by atoms with E-state index in [1.807, 2.05) is 13.8 Å². The van der Waals surface area contributed by atoms with Gasteiger partial charge in [0.25, 0.3) is 11.8 Å². The Balaban J connectivity index is 1.90. The molecule has 2 heterocycles. The summed E-state index contributed by atoms with van der Waals surface area (Å²) in [5.74, 6) is -0.557. The number of hydrogen-bond acceptors (Lipinski definition) is 5. The second-order valence-electron chi connectivity index (χ2n) is 6.49. The fourth-order valence-corrected chi connectivity index (χ4v) is 2.72. The van der Waals surface area contributed by atoms with Gasteiger partial charge in [-0.2, -0.15) is 0 Å². The van der Waals surface area contributed by atoms with Gasteiger partial charge < -0.3 is 20.3 Å². The van der Waals surface area contributed by atoms with Crippen molar-refractivity contribution >= 4 is 17.9 Å². The maximum absolute atomic E-state index is 12.4. The Hall–Kier alpha value is -2.64. The van der Waals surface area contributed by atoms with E-state index < -0.39 is 0 Å². The Morgan fingerprint density at radius 1 is 1.27 bits per heavy atom. The minimum atomic E-state index is -0.321. The Morgan fingerprint density at radius 3 is 2.58 bits per heavy atom. The third-order valence-electron chi connectivity index (χ3n) is 4.03. The van der Waals surface area contributed by atoms with Crippen LogP contribution in [-0.4, -0.2) is 59.6 Å². The Morgan fingerprint density at radius 2 is 1.96 bits per heavy atom. The fraction of sp³-hybridized carbons (Fsp3) is 0.556. The van der Waals surface area contributed by atoms with Crippen LogP contribution >= 0.6 is 0 Å². The number of nitrogens with one attached hydrogen (secondary N) is 2. The van der Waals surface area contributed by atoms with E-state index in [0.29, 0.717) is 38.1 Å². The van der Waals surface area contributed by atoms with Crippen LogP contribution in [0.4, 0.5) is 4.79 Å². The van der Waals surface area contributed by atoms with E-state index in [4.69, 9.17) is 4.74 Å². The van der Waals surface area contributed by atoms with E-state index in [9.17, 15) is 14.4 Å². The molecular formula is C18H26N4O4. The number of hydrogen-bond donors (Lipinski definition) is 2. The van der Waals surface area contributed by atoms with Gasteiger partial charge in [-0.3, -0.25) is 14.6 Å². The minimum absolute atomic E-state index is 0.0116. The number of nitrogens with zero attached hydrogens (tertiary/aromatic N) is 2. The second kappa shape index (κ2) is 9.17. The molecule has 142 valence electrons. The first-order valence-corrected chi connectivity index (χ1v) is 8.90. The van der Waals surface area contributed by atoms with E-state index in [0.717, 1.165) is 0 Å². The van der Waals surface area contributed by atoms with E-state index in [1.165, 1.54) is 12.3 Å². The number of amides is 3. The summed E-state index contributed by atoms with van der Waals surface area (Å²) in [7, 11) is 0. The Kier molecular flexibility index (Phi) is 6.94. The van der Waals surface area contributed by atoms with Gasteiger partial charge in [0, 0.05) is 36.9 Å². The monoisotopic (exact) mass is 362 g/mol. The highest BCUT2D eigenvalue weighted by Crippen LogP contribution is 2.12. The number of rotatable bonds is 5. The lowest BCUT2D eigenvalue weighted by molar-refractivity contribution is 0.0856. The highest BCUT2D eigenvalue weighted by Gasteiger charge is 2.25. The van der Waals surface area contributed by atoms with Crippen molar-refractivity contribution in [3.63, 3.8) is 0 Å². The number of carbonyl (C=O) groups is 3. The molecular weight excluding hydrogens is 336 g/mol. The van der Waals surface area contributed by atoms with Crippen molar-refractivity contribution < 1.29 is 19.1 Å². The molecule has 0 unspecified atom stereocenters. The van der Waals surface area contributed by atoms with Gasteiger partial charge in [0.15, 0.2) is 0 Å². The first-order valence-electron chi connectivity index (χ1n) is 8.90. The lowest BCUT2D eigenvalue weighted by Gasteiger charge is -2.31. The van der Waals surface area contributed by atoms with Gasteiger partial charge in [-0.05, 0) is 45.7 Å². The van der Waals surface area contributed by atoms with Gasteiger partial charge in [-0.1, -0.05) is 0 Å². The van der Waals surface area contributed by atoms with Crippen LogP contribution in [0.5, 0.6) is 0 Å². The minimum Gasteiger partial charge on any atom is -0.450 e. The van der Waals surface area contributed by atoms with Crippen molar-refractivity contribution in [1.82, 2.24) is 20.5 Å². The highest BCUT2D eigenvalue weighted by molar-refractivity contribution is 5.98. The molecule has 1 aliphatic rings. The molecule has 0 spiro atoms. The van der Waals surface area contributed by atoms with Gasteiger partial charge in [-0.15, -0.1) is 0 Å². The Labute approximate surface area is 153 Å². The van der Waals surface area contributed by atoms with Gasteiger partial charge >= 0.3 is 6.09 Å². The molecule has 2 rings (SSSR count). The van der Waals surface area contributed by atoms with Gasteiger partial charge in [0.1, 0.15) is 5.69 Å². The number of pyridine rings is 1.